The fraction of sp³-hybridized carbons (Fsp3) is 0.636. The Morgan fingerprint density at radius 3 is 2.06 bits per heavy atom. The second-order valence-corrected chi connectivity index (χ2v) is 13.0. The lowest BCUT2D eigenvalue weighted by Crippen LogP contribution is -2.35. The fourth-order valence-corrected chi connectivity index (χ4v) is 8.39. The van der Waals surface area contributed by atoms with Gasteiger partial charge in [0.1, 0.15) is 5.82 Å². The third-order valence-corrected chi connectivity index (χ3v) is 10.9. The average Bonchev–Trinajstić information content (AvgIpc) is 3.41. The zero-order valence-electron chi connectivity index (χ0n) is 18.8. The van der Waals surface area contributed by atoms with Crippen LogP contribution in [-0.2, 0) is 33.0 Å². The van der Waals surface area contributed by atoms with Gasteiger partial charge in [-0.25, -0.2) is 16.8 Å². The third kappa shape index (κ3) is 4.24. The molecule has 0 bridgehead atoms. The number of hydrogen-bond donors (Lipinski definition) is 0. The summed E-state index contributed by atoms with van der Waals surface area (Å²) in [5, 5.41) is 8.75. The van der Waals surface area contributed by atoms with Crippen LogP contribution in [0.4, 0.5) is 0 Å². The van der Waals surface area contributed by atoms with Crippen LogP contribution in [0.1, 0.15) is 69.1 Å². The molecule has 9 nitrogen and oxygen atoms in total. The summed E-state index contributed by atoms with van der Waals surface area (Å²) in [6, 6.07) is 5.35. The molecule has 3 aliphatic rings. The molecule has 2 aromatic rings. The van der Waals surface area contributed by atoms with Crippen LogP contribution in [-0.4, -0.2) is 59.8 Å². The molecule has 1 aromatic carbocycles. The smallest absolute Gasteiger partial charge is 0.243 e. The Morgan fingerprint density at radius 2 is 1.33 bits per heavy atom. The van der Waals surface area contributed by atoms with E-state index in [1.165, 1.54) is 32.9 Å². The number of benzene rings is 1. The fourth-order valence-electron chi connectivity index (χ4n) is 5.21. The molecule has 0 amide bonds. The Kier molecular flexibility index (Phi) is 6.32. The summed E-state index contributed by atoms with van der Waals surface area (Å²) in [6.45, 7) is 2.27. The highest BCUT2D eigenvalue weighted by Gasteiger charge is 2.39. The van der Waals surface area contributed by atoms with Crippen LogP contribution >= 0.6 is 0 Å². The molecule has 0 N–H and O–H groups in total. The number of piperidine rings is 1. The summed E-state index contributed by atoms with van der Waals surface area (Å²) in [5.74, 6) is 1.68. The summed E-state index contributed by atoms with van der Waals surface area (Å²) >= 11 is 0. The van der Waals surface area contributed by atoms with E-state index in [0.717, 1.165) is 69.6 Å². The molecule has 0 radical (unpaired) electrons. The van der Waals surface area contributed by atoms with Gasteiger partial charge < -0.3 is 4.57 Å². The van der Waals surface area contributed by atoms with Crippen molar-refractivity contribution in [2.75, 3.05) is 19.6 Å². The Morgan fingerprint density at radius 1 is 0.697 bits per heavy atom. The first-order valence-electron chi connectivity index (χ1n) is 11.9. The van der Waals surface area contributed by atoms with Crippen LogP contribution < -0.4 is 0 Å². The van der Waals surface area contributed by atoms with Gasteiger partial charge in [0.2, 0.25) is 20.0 Å². The maximum Gasteiger partial charge on any atom is 0.243 e. The van der Waals surface area contributed by atoms with Crippen molar-refractivity contribution in [3.8, 4) is 0 Å². The minimum Gasteiger partial charge on any atom is -0.314 e. The summed E-state index contributed by atoms with van der Waals surface area (Å²) in [4.78, 5) is 0.256. The van der Waals surface area contributed by atoms with Crippen molar-refractivity contribution in [3.63, 3.8) is 0 Å². The van der Waals surface area contributed by atoms with Gasteiger partial charge in [0.15, 0.2) is 5.82 Å². The predicted octanol–water partition coefficient (Wildman–Crippen LogP) is 2.70. The van der Waals surface area contributed by atoms with E-state index in [2.05, 4.69) is 14.8 Å². The van der Waals surface area contributed by atoms with E-state index in [-0.39, 0.29) is 15.8 Å². The number of hydrogen-bond acceptors (Lipinski definition) is 6. The first-order valence-corrected chi connectivity index (χ1v) is 14.8. The first kappa shape index (κ1) is 22.9. The summed E-state index contributed by atoms with van der Waals surface area (Å²) in [5.41, 5.74) is 0. The van der Waals surface area contributed by atoms with Gasteiger partial charge in [-0.3, -0.25) is 0 Å². The van der Waals surface area contributed by atoms with E-state index in [4.69, 9.17) is 0 Å². The van der Waals surface area contributed by atoms with E-state index >= 15 is 0 Å². The Balaban J connectivity index is 1.41. The molecule has 5 rings (SSSR count). The van der Waals surface area contributed by atoms with E-state index < -0.39 is 20.0 Å². The first-order chi connectivity index (χ1) is 15.9. The minimum absolute atomic E-state index is 0.114. The SMILES string of the molecule is O=S(=O)(c1ccc(S(=O)(=O)N2CCCC2c2nnc3n2CCCCC3)cc1)N1CCCCC1. The third-order valence-electron chi connectivity index (χ3n) is 7.02. The standard InChI is InChI=1S/C22H31N5O4S2/c28-32(29,25-14-4-2-5-15-25)18-10-12-19(13-11-18)33(30,31)27-17-7-8-20(27)22-24-23-21-9-3-1-6-16-26(21)22/h10-13,20H,1-9,14-17H2. The molecule has 180 valence electrons. The van der Waals surface area contributed by atoms with Gasteiger partial charge in [-0.1, -0.05) is 12.8 Å². The maximum atomic E-state index is 13.5. The molecule has 1 unspecified atom stereocenters. The maximum absolute atomic E-state index is 13.5. The molecule has 0 spiro atoms. The van der Waals surface area contributed by atoms with E-state index in [1.54, 1.807) is 0 Å². The van der Waals surface area contributed by atoms with Crippen LogP contribution in [0.25, 0.3) is 0 Å². The number of fused-ring (bicyclic) bond motifs is 1. The molecule has 11 heteroatoms. The molecular weight excluding hydrogens is 462 g/mol. The van der Waals surface area contributed by atoms with Gasteiger partial charge >= 0.3 is 0 Å². The number of rotatable bonds is 5. The number of aromatic nitrogens is 3. The lowest BCUT2D eigenvalue weighted by Gasteiger charge is -2.26. The zero-order chi connectivity index (χ0) is 23.1. The highest BCUT2D eigenvalue weighted by atomic mass is 32.2. The van der Waals surface area contributed by atoms with Crippen LogP contribution in [0.2, 0.25) is 0 Å². The normalized spacial score (nSPS) is 23.3. The van der Waals surface area contributed by atoms with Crippen molar-refractivity contribution in [1.82, 2.24) is 23.4 Å². The predicted molar refractivity (Wildman–Crippen MR) is 122 cm³/mol. The average molecular weight is 494 g/mol. The molecule has 33 heavy (non-hydrogen) atoms. The van der Waals surface area contributed by atoms with E-state index in [1.807, 2.05) is 0 Å². The largest absolute Gasteiger partial charge is 0.314 e. The van der Waals surface area contributed by atoms with Crippen molar-refractivity contribution in [3.05, 3.63) is 35.9 Å². The monoisotopic (exact) mass is 493 g/mol. The highest BCUT2D eigenvalue weighted by Crippen LogP contribution is 2.37. The number of aryl methyl sites for hydroxylation is 1. The lowest BCUT2D eigenvalue weighted by atomic mass is 10.2. The Labute approximate surface area is 195 Å². The van der Waals surface area contributed by atoms with Crippen LogP contribution in [0.15, 0.2) is 34.1 Å². The second kappa shape index (κ2) is 9.09. The van der Waals surface area contributed by atoms with Crippen molar-refractivity contribution in [2.24, 2.45) is 0 Å². The lowest BCUT2D eigenvalue weighted by molar-refractivity contribution is 0.346. The van der Waals surface area contributed by atoms with Crippen molar-refractivity contribution < 1.29 is 16.8 Å². The Bertz CT molecular complexity index is 1200. The van der Waals surface area contributed by atoms with Gasteiger partial charge in [-0.2, -0.15) is 8.61 Å². The van der Waals surface area contributed by atoms with Crippen molar-refractivity contribution in [2.45, 2.75) is 80.2 Å². The van der Waals surface area contributed by atoms with Gasteiger partial charge in [0.25, 0.3) is 0 Å². The molecule has 0 saturated carbocycles. The molecule has 3 aliphatic heterocycles. The molecule has 1 aromatic heterocycles. The van der Waals surface area contributed by atoms with Gasteiger partial charge in [-0.15, -0.1) is 10.2 Å². The topological polar surface area (TPSA) is 105 Å². The summed E-state index contributed by atoms with van der Waals surface area (Å²) in [6.07, 6.45) is 8.36. The number of nitrogens with zero attached hydrogens (tertiary/aromatic N) is 5. The van der Waals surface area contributed by atoms with Gasteiger partial charge in [-0.05, 0) is 62.8 Å². The van der Waals surface area contributed by atoms with E-state index in [0.29, 0.717) is 26.1 Å². The van der Waals surface area contributed by atoms with Gasteiger partial charge in [0.05, 0.1) is 15.8 Å². The molecule has 1 atom stereocenters. The minimum atomic E-state index is -3.79. The summed E-state index contributed by atoms with van der Waals surface area (Å²) < 4.78 is 58.1. The van der Waals surface area contributed by atoms with Crippen LogP contribution in [0.5, 0.6) is 0 Å². The van der Waals surface area contributed by atoms with Crippen LogP contribution in [0, 0.1) is 0 Å². The van der Waals surface area contributed by atoms with Gasteiger partial charge in [0, 0.05) is 32.6 Å². The Hall–Kier alpha value is -1.82. The van der Waals surface area contributed by atoms with Crippen molar-refractivity contribution >= 4 is 20.0 Å². The van der Waals surface area contributed by atoms with Crippen molar-refractivity contribution in [1.29, 1.82) is 0 Å². The quantitative estimate of drug-likeness (QED) is 0.634. The molecule has 0 aliphatic carbocycles. The molecule has 4 heterocycles. The number of sulfonamides is 2. The molecule has 2 saturated heterocycles. The zero-order valence-corrected chi connectivity index (χ0v) is 20.4. The van der Waals surface area contributed by atoms with E-state index in [9.17, 15) is 16.8 Å². The second-order valence-electron chi connectivity index (χ2n) is 9.15. The highest BCUT2D eigenvalue weighted by molar-refractivity contribution is 7.89. The summed E-state index contributed by atoms with van der Waals surface area (Å²) in [7, 11) is -7.39. The molecular formula is C22H31N5O4S2. The molecule has 2 fully saturated rings. The van der Waals surface area contributed by atoms with Crippen LogP contribution in [0.3, 0.4) is 0 Å².